The zero-order chi connectivity index (χ0) is 19.5. The molecule has 1 aromatic heterocycles. The van der Waals surface area contributed by atoms with Gasteiger partial charge in [0.05, 0.1) is 4.58 Å². The number of ketones is 1. The second kappa shape index (κ2) is 8.24. The van der Waals surface area contributed by atoms with Crippen LogP contribution in [0.1, 0.15) is 36.7 Å². The molecule has 1 saturated heterocycles. The van der Waals surface area contributed by atoms with Gasteiger partial charge in [-0.25, -0.2) is 4.98 Å². The van der Waals surface area contributed by atoms with Gasteiger partial charge in [-0.05, 0) is 42.0 Å². The number of aromatic nitrogens is 2. The van der Waals surface area contributed by atoms with Crippen LogP contribution in [0.15, 0.2) is 60.9 Å². The monoisotopic (exact) mass is 409 g/mol. The van der Waals surface area contributed by atoms with Gasteiger partial charge in [-0.15, -0.1) is 23.5 Å². The third kappa shape index (κ3) is 4.00. The zero-order valence-corrected chi connectivity index (χ0v) is 16.9. The molecule has 1 aliphatic rings. The van der Waals surface area contributed by atoms with E-state index in [0.29, 0.717) is 27.2 Å². The molecule has 2 heterocycles. The largest absolute Gasteiger partial charge is 0.331 e. The fourth-order valence-corrected chi connectivity index (χ4v) is 5.82. The van der Waals surface area contributed by atoms with Crippen LogP contribution < -0.4 is 5.32 Å². The lowest BCUT2D eigenvalue weighted by Crippen LogP contribution is -2.12. The lowest BCUT2D eigenvalue weighted by Gasteiger charge is -2.10. The van der Waals surface area contributed by atoms with Crippen LogP contribution in [0.2, 0.25) is 0 Å². The van der Waals surface area contributed by atoms with Crippen molar-refractivity contribution in [2.45, 2.75) is 4.58 Å². The minimum absolute atomic E-state index is 0.149. The van der Waals surface area contributed by atoms with Gasteiger partial charge in [-0.1, -0.05) is 12.1 Å². The minimum atomic E-state index is -0.165. The van der Waals surface area contributed by atoms with E-state index in [0.717, 1.165) is 0 Å². The molecule has 4 rings (SSSR count). The summed E-state index contributed by atoms with van der Waals surface area (Å²) in [5, 5.41) is 2.88. The third-order valence-electron chi connectivity index (χ3n) is 4.50. The number of hydrogen-bond acceptors (Lipinski definition) is 5. The van der Waals surface area contributed by atoms with E-state index in [4.69, 9.17) is 0 Å². The summed E-state index contributed by atoms with van der Waals surface area (Å²) >= 11 is 3.89. The van der Waals surface area contributed by atoms with Crippen molar-refractivity contribution in [2.24, 2.45) is 7.05 Å². The molecule has 0 bridgehead atoms. The van der Waals surface area contributed by atoms with Crippen LogP contribution in [0.4, 0.5) is 5.69 Å². The Labute approximate surface area is 171 Å². The van der Waals surface area contributed by atoms with Crippen molar-refractivity contribution in [1.82, 2.24) is 9.55 Å². The maximum absolute atomic E-state index is 12.5. The molecule has 0 spiro atoms. The number of thioether (sulfide) groups is 2. The molecule has 1 fully saturated rings. The average Bonchev–Trinajstić information content (AvgIpc) is 3.40. The fraction of sp³-hybridized carbons (Fsp3) is 0.190. The molecule has 3 aromatic rings. The second-order valence-corrected chi connectivity index (χ2v) is 9.14. The standard InChI is InChI=1S/C21H19N3O2S2/c1-24-11-10-22-19(24)18(25)14-6-8-17(9-7-14)23-20(26)15-2-4-16(5-3-15)21-27-12-13-28-21/h2-11,21H,12-13H2,1H3,(H,23,26). The van der Waals surface area contributed by atoms with Crippen LogP contribution in [-0.4, -0.2) is 32.7 Å². The van der Waals surface area contributed by atoms with Gasteiger partial charge in [0.1, 0.15) is 0 Å². The zero-order valence-electron chi connectivity index (χ0n) is 15.3. The average molecular weight is 410 g/mol. The highest BCUT2D eigenvalue weighted by Crippen LogP contribution is 2.45. The summed E-state index contributed by atoms with van der Waals surface area (Å²) in [5.74, 6) is 2.42. The smallest absolute Gasteiger partial charge is 0.255 e. The number of amides is 1. The molecule has 7 heteroatoms. The van der Waals surface area contributed by atoms with Crippen LogP contribution in [0.3, 0.4) is 0 Å². The molecule has 1 aliphatic heterocycles. The molecule has 2 aromatic carbocycles. The highest BCUT2D eigenvalue weighted by molar-refractivity contribution is 8.19. The Morgan fingerprint density at radius 1 is 1.00 bits per heavy atom. The summed E-state index contributed by atoms with van der Waals surface area (Å²) in [5.41, 5.74) is 3.04. The van der Waals surface area contributed by atoms with E-state index in [1.54, 1.807) is 48.3 Å². The van der Waals surface area contributed by atoms with Crippen molar-refractivity contribution in [2.75, 3.05) is 16.8 Å². The van der Waals surface area contributed by atoms with Crippen molar-refractivity contribution in [3.05, 3.63) is 83.4 Å². The summed E-state index contributed by atoms with van der Waals surface area (Å²) in [6.07, 6.45) is 3.33. The Kier molecular flexibility index (Phi) is 5.54. The molecule has 0 atom stereocenters. The molecule has 0 saturated carbocycles. The van der Waals surface area contributed by atoms with E-state index >= 15 is 0 Å². The number of benzene rings is 2. The van der Waals surface area contributed by atoms with Crippen molar-refractivity contribution < 1.29 is 9.59 Å². The lowest BCUT2D eigenvalue weighted by atomic mass is 10.1. The molecule has 142 valence electrons. The van der Waals surface area contributed by atoms with E-state index in [-0.39, 0.29) is 11.7 Å². The summed E-state index contributed by atoms with van der Waals surface area (Å²) in [6.45, 7) is 0. The SMILES string of the molecule is Cn1ccnc1C(=O)c1ccc(NC(=O)c2ccc(C3SCCS3)cc2)cc1. The molecule has 0 radical (unpaired) electrons. The molecule has 5 nitrogen and oxygen atoms in total. The number of anilines is 1. The Hall–Kier alpha value is -2.51. The number of carbonyl (C=O) groups excluding carboxylic acids is 2. The molecular formula is C21H19N3O2S2. The number of nitrogens with one attached hydrogen (secondary N) is 1. The molecule has 1 amide bonds. The molecular weight excluding hydrogens is 390 g/mol. The number of nitrogens with zero attached hydrogens (tertiary/aromatic N) is 2. The Balaban J connectivity index is 1.42. The van der Waals surface area contributed by atoms with Gasteiger partial charge in [0.25, 0.3) is 5.91 Å². The maximum atomic E-state index is 12.5. The van der Waals surface area contributed by atoms with E-state index < -0.39 is 0 Å². The molecule has 0 aliphatic carbocycles. The second-order valence-electron chi connectivity index (χ2n) is 6.42. The Bertz CT molecular complexity index is 991. The molecule has 1 N–H and O–H groups in total. The topological polar surface area (TPSA) is 64.0 Å². The van der Waals surface area contributed by atoms with Crippen molar-refractivity contribution in [1.29, 1.82) is 0 Å². The maximum Gasteiger partial charge on any atom is 0.255 e. The van der Waals surface area contributed by atoms with Crippen LogP contribution in [0, 0.1) is 0 Å². The van der Waals surface area contributed by atoms with Gasteiger partial charge in [-0.2, -0.15) is 0 Å². The van der Waals surface area contributed by atoms with Gasteiger partial charge in [0, 0.05) is 47.8 Å². The summed E-state index contributed by atoms with van der Waals surface area (Å²) in [4.78, 5) is 29.0. The number of aryl methyl sites for hydroxylation is 1. The number of hydrogen-bond donors (Lipinski definition) is 1. The van der Waals surface area contributed by atoms with Crippen molar-refractivity contribution >= 4 is 40.9 Å². The van der Waals surface area contributed by atoms with Crippen LogP contribution >= 0.6 is 23.5 Å². The summed E-state index contributed by atoms with van der Waals surface area (Å²) in [6, 6.07) is 14.6. The summed E-state index contributed by atoms with van der Waals surface area (Å²) < 4.78 is 2.16. The highest BCUT2D eigenvalue weighted by Gasteiger charge is 2.18. The molecule has 0 unspecified atom stereocenters. The lowest BCUT2D eigenvalue weighted by molar-refractivity contribution is 0.102. The predicted octanol–water partition coefficient (Wildman–Crippen LogP) is 4.38. The van der Waals surface area contributed by atoms with E-state index in [2.05, 4.69) is 10.3 Å². The van der Waals surface area contributed by atoms with Gasteiger partial charge >= 0.3 is 0 Å². The number of imidazole rings is 1. The van der Waals surface area contributed by atoms with Crippen LogP contribution in [0.5, 0.6) is 0 Å². The highest BCUT2D eigenvalue weighted by atomic mass is 32.2. The first kappa shape index (κ1) is 18.8. The van der Waals surface area contributed by atoms with Gasteiger partial charge < -0.3 is 9.88 Å². The first-order valence-corrected chi connectivity index (χ1v) is 11.0. The van der Waals surface area contributed by atoms with E-state index in [9.17, 15) is 9.59 Å². The number of carbonyl (C=O) groups is 2. The fourth-order valence-electron chi connectivity index (χ4n) is 2.96. The summed E-state index contributed by atoms with van der Waals surface area (Å²) in [7, 11) is 1.78. The van der Waals surface area contributed by atoms with Crippen LogP contribution in [0.25, 0.3) is 0 Å². The van der Waals surface area contributed by atoms with Crippen molar-refractivity contribution in [3.63, 3.8) is 0 Å². The van der Waals surface area contributed by atoms with E-state index in [1.165, 1.54) is 17.1 Å². The first-order chi connectivity index (χ1) is 13.6. The Morgan fingerprint density at radius 2 is 1.64 bits per heavy atom. The minimum Gasteiger partial charge on any atom is -0.331 e. The van der Waals surface area contributed by atoms with E-state index in [1.807, 2.05) is 47.8 Å². The van der Waals surface area contributed by atoms with Gasteiger partial charge in [-0.3, -0.25) is 9.59 Å². The third-order valence-corrected chi connectivity index (χ3v) is 7.60. The van der Waals surface area contributed by atoms with Gasteiger partial charge in [0.2, 0.25) is 5.78 Å². The quantitative estimate of drug-likeness (QED) is 0.634. The predicted molar refractivity (Wildman–Crippen MR) is 115 cm³/mol. The number of rotatable bonds is 5. The van der Waals surface area contributed by atoms with Crippen LogP contribution in [-0.2, 0) is 7.05 Å². The molecule has 28 heavy (non-hydrogen) atoms. The Morgan fingerprint density at radius 3 is 2.25 bits per heavy atom. The first-order valence-electron chi connectivity index (χ1n) is 8.88. The normalized spacial score (nSPS) is 14.2. The van der Waals surface area contributed by atoms with Crippen molar-refractivity contribution in [3.8, 4) is 0 Å². The van der Waals surface area contributed by atoms with Gasteiger partial charge in [0.15, 0.2) is 5.82 Å².